The smallest absolute Gasteiger partial charge is 0.408 e. The zero-order chi connectivity index (χ0) is 45.0. The van der Waals surface area contributed by atoms with E-state index in [4.69, 9.17) is 19.7 Å². The summed E-state index contributed by atoms with van der Waals surface area (Å²) >= 11 is 1.57. The molecule has 0 aromatic heterocycles. The minimum atomic E-state index is -0.889. The van der Waals surface area contributed by atoms with Crippen LogP contribution >= 0.6 is 11.8 Å². The number of benzene rings is 5. The van der Waals surface area contributed by atoms with Gasteiger partial charge >= 0.3 is 12.1 Å². The number of aliphatic hydroxyl groups excluding tert-OH is 2. The van der Waals surface area contributed by atoms with Crippen LogP contribution in [0.4, 0.5) is 4.79 Å². The highest BCUT2D eigenvalue weighted by Gasteiger charge is 2.39. The Kier molecular flexibility index (Phi) is 25.3. The number of rotatable bonds is 13. The Morgan fingerprint density at radius 2 is 1.07 bits per heavy atom. The highest BCUT2D eigenvalue weighted by molar-refractivity contribution is 8.00. The zero-order valence-corrected chi connectivity index (χ0v) is 37.8. The lowest BCUT2D eigenvalue weighted by Gasteiger charge is -2.36. The average Bonchev–Trinajstić information content (AvgIpc) is 3.28. The number of ether oxygens (including phenoxy) is 2. The van der Waals surface area contributed by atoms with Crippen molar-refractivity contribution in [2.24, 2.45) is 0 Å². The number of amides is 2. The summed E-state index contributed by atoms with van der Waals surface area (Å²) in [6, 6.07) is 45.1. The van der Waals surface area contributed by atoms with Crippen molar-refractivity contribution >= 4 is 29.7 Å². The first-order valence-electron chi connectivity index (χ1n) is 20.3. The molecule has 5 rings (SSSR count). The normalized spacial score (nSPS) is 10.8. The Labute approximate surface area is 363 Å². The Balaban J connectivity index is 0.000000588. The molecule has 5 aromatic carbocycles. The number of aryl methyl sites for hydroxylation is 1. The fraction of sp³-hybridized carbons (Fsp3) is 0.340. The maximum Gasteiger partial charge on any atom is 0.408 e. The molecule has 0 saturated carbocycles. The van der Waals surface area contributed by atoms with Gasteiger partial charge in [0.05, 0.1) is 24.9 Å². The van der Waals surface area contributed by atoms with Gasteiger partial charge in [0.1, 0.15) is 11.6 Å². The summed E-state index contributed by atoms with van der Waals surface area (Å²) in [4.78, 5) is 37.0. The second-order valence-corrected chi connectivity index (χ2v) is 15.0. The van der Waals surface area contributed by atoms with Crippen molar-refractivity contribution in [1.29, 1.82) is 0 Å². The van der Waals surface area contributed by atoms with Gasteiger partial charge in [0.2, 0.25) is 5.91 Å². The zero-order valence-electron chi connectivity index (χ0n) is 37.0. The van der Waals surface area contributed by atoms with Crippen LogP contribution in [0.25, 0.3) is 0 Å². The van der Waals surface area contributed by atoms with E-state index in [1.807, 2.05) is 138 Å². The minimum Gasteiger partial charge on any atom is -0.467 e. The summed E-state index contributed by atoms with van der Waals surface area (Å²) in [5.41, 5.74) is 6.63. The van der Waals surface area contributed by atoms with Crippen molar-refractivity contribution in [3.8, 4) is 0 Å². The first kappa shape index (κ1) is 52.6. The van der Waals surface area contributed by atoms with Crippen molar-refractivity contribution in [3.05, 3.63) is 178 Å². The van der Waals surface area contributed by atoms with Crippen LogP contribution < -0.4 is 10.6 Å². The first-order chi connectivity index (χ1) is 28.9. The lowest BCUT2D eigenvalue weighted by Crippen LogP contribution is -2.46. The summed E-state index contributed by atoms with van der Waals surface area (Å²) < 4.78 is 9.77. The van der Waals surface area contributed by atoms with Gasteiger partial charge in [-0.05, 0) is 61.1 Å². The topological polar surface area (TPSA) is 134 Å². The van der Waals surface area contributed by atoms with Gasteiger partial charge in [-0.3, -0.25) is 4.79 Å². The molecule has 0 heterocycles. The van der Waals surface area contributed by atoms with Crippen LogP contribution in [-0.2, 0) is 43.4 Å². The molecule has 5 aromatic rings. The predicted molar refractivity (Wildman–Crippen MR) is 247 cm³/mol. The highest BCUT2D eigenvalue weighted by atomic mass is 32.2. The molecule has 9 nitrogen and oxygen atoms in total. The van der Waals surface area contributed by atoms with Crippen molar-refractivity contribution in [3.63, 3.8) is 0 Å². The van der Waals surface area contributed by atoms with Gasteiger partial charge < -0.3 is 30.3 Å². The molecule has 0 aliphatic heterocycles. The number of carbonyl (C=O) groups is 3. The molecule has 0 aliphatic carbocycles. The SMILES string of the molecule is CC.CC.CO.COC(=O)C(CSC(c1ccccc1)(c1ccccc1)c1ccccc1)NC(=O)OC(C)(C)C.Cc1ccc(CNC(=O)Cc2ccc(CO)cc2)cc1. The fourth-order valence-corrected chi connectivity index (χ4v) is 7.20. The van der Waals surface area contributed by atoms with Gasteiger partial charge in [0.15, 0.2) is 0 Å². The van der Waals surface area contributed by atoms with Gasteiger partial charge in [0, 0.05) is 19.4 Å². The van der Waals surface area contributed by atoms with E-state index >= 15 is 0 Å². The quantitative estimate of drug-likeness (QED) is 0.0681. The minimum absolute atomic E-state index is 0.00215. The maximum absolute atomic E-state index is 12.6. The maximum atomic E-state index is 12.6. The van der Waals surface area contributed by atoms with E-state index in [1.54, 1.807) is 32.5 Å². The van der Waals surface area contributed by atoms with E-state index in [0.29, 0.717) is 13.0 Å². The second-order valence-electron chi connectivity index (χ2n) is 13.7. The largest absolute Gasteiger partial charge is 0.467 e. The van der Waals surface area contributed by atoms with E-state index < -0.39 is 28.5 Å². The average molecular weight is 839 g/mol. The molecule has 0 aliphatic rings. The molecule has 1 atom stereocenters. The van der Waals surface area contributed by atoms with E-state index in [1.165, 1.54) is 12.7 Å². The molecular weight excluding hydrogens is 773 g/mol. The van der Waals surface area contributed by atoms with Crippen molar-refractivity contribution in [2.75, 3.05) is 20.0 Å². The molecule has 0 fully saturated rings. The number of thioether (sulfide) groups is 1. The highest BCUT2D eigenvalue weighted by Crippen LogP contribution is 2.48. The number of methoxy groups -OCH3 is 1. The molecule has 324 valence electrons. The number of carbonyl (C=O) groups excluding carboxylic acids is 3. The summed E-state index contributed by atoms with van der Waals surface area (Å²) in [6.45, 7) is 15.9. The van der Waals surface area contributed by atoms with Crippen molar-refractivity contribution in [2.45, 2.75) is 91.4 Å². The molecular formula is C50H66N2O7S. The Hall–Kier alpha value is -5.42. The van der Waals surface area contributed by atoms with Crippen LogP contribution in [0.2, 0.25) is 0 Å². The third-order valence-corrected chi connectivity index (χ3v) is 10.0. The summed E-state index contributed by atoms with van der Waals surface area (Å²) in [5.74, 6) is -0.256. The number of esters is 1. The molecule has 60 heavy (non-hydrogen) atoms. The molecule has 0 spiro atoms. The molecule has 0 saturated heterocycles. The second kappa shape index (κ2) is 28.9. The number of nitrogens with one attached hydrogen (secondary N) is 2. The molecule has 2 amide bonds. The lowest BCUT2D eigenvalue weighted by molar-refractivity contribution is -0.142. The lowest BCUT2D eigenvalue weighted by atomic mass is 9.84. The standard InChI is InChI=1S/C28H31NO4S.C17H19NO2.2C2H6.CH4O/c1-27(2,3)33-26(31)29-24(25(30)32-4)20-34-28(21-14-8-5-9-15-21,22-16-10-6-11-17-22)23-18-12-7-13-19-23;1-13-2-4-15(5-3-13)11-18-17(20)10-14-6-8-16(12-19)9-7-14;3*1-2/h5-19,24H,20H2,1-4H3,(H,29,31);2-9,19H,10-12H2,1H3,(H,18,20);2*1-2H3;2H,1H3. The number of aliphatic hydroxyl groups is 2. The van der Waals surface area contributed by atoms with E-state index in [9.17, 15) is 14.4 Å². The van der Waals surface area contributed by atoms with Crippen LogP contribution in [0.5, 0.6) is 0 Å². The van der Waals surface area contributed by atoms with E-state index in [-0.39, 0.29) is 18.3 Å². The van der Waals surface area contributed by atoms with Gasteiger partial charge in [-0.2, -0.15) is 0 Å². The van der Waals surface area contributed by atoms with Gasteiger partial charge in [0.25, 0.3) is 0 Å². The monoisotopic (exact) mass is 838 g/mol. The van der Waals surface area contributed by atoms with Gasteiger partial charge in [-0.1, -0.05) is 173 Å². The van der Waals surface area contributed by atoms with E-state index in [0.717, 1.165) is 40.5 Å². The van der Waals surface area contributed by atoms with Crippen molar-refractivity contribution < 1.29 is 34.1 Å². The van der Waals surface area contributed by atoms with Crippen LogP contribution in [0.3, 0.4) is 0 Å². The fourth-order valence-electron chi connectivity index (χ4n) is 5.65. The van der Waals surface area contributed by atoms with Gasteiger partial charge in [-0.15, -0.1) is 11.8 Å². The number of alkyl carbamates (subject to hydrolysis) is 1. The summed E-state index contributed by atoms with van der Waals surface area (Å²) in [7, 11) is 2.32. The van der Waals surface area contributed by atoms with E-state index in [2.05, 4.69) is 47.0 Å². The number of hydrogen-bond donors (Lipinski definition) is 4. The Bertz CT molecular complexity index is 1800. The predicted octanol–water partition coefficient (Wildman–Crippen LogP) is 9.79. The summed E-state index contributed by atoms with van der Waals surface area (Å²) in [5, 5.41) is 21.6. The molecule has 4 N–H and O–H groups in total. The molecule has 0 bridgehead atoms. The Morgan fingerprint density at radius 1 is 0.650 bits per heavy atom. The molecule has 0 radical (unpaired) electrons. The first-order valence-corrected chi connectivity index (χ1v) is 21.3. The summed E-state index contributed by atoms with van der Waals surface area (Å²) in [6.07, 6.45) is -0.300. The molecule has 1 unspecified atom stereocenters. The van der Waals surface area contributed by atoms with Crippen LogP contribution in [-0.4, -0.2) is 59.8 Å². The molecule has 10 heteroatoms. The van der Waals surface area contributed by atoms with Crippen LogP contribution in [0, 0.1) is 6.92 Å². The van der Waals surface area contributed by atoms with Crippen molar-refractivity contribution in [1.82, 2.24) is 10.6 Å². The Morgan fingerprint density at radius 3 is 1.47 bits per heavy atom. The van der Waals surface area contributed by atoms with Crippen LogP contribution in [0.15, 0.2) is 140 Å². The third-order valence-electron chi connectivity index (χ3n) is 8.36. The van der Waals surface area contributed by atoms with Crippen LogP contribution in [0.1, 0.15) is 87.4 Å². The third kappa shape index (κ3) is 17.8. The van der Waals surface area contributed by atoms with Gasteiger partial charge in [-0.25, -0.2) is 9.59 Å². The number of hydrogen-bond acceptors (Lipinski definition) is 8.